The van der Waals surface area contributed by atoms with Gasteiger partial charge in [0.25, 0.3) is 0 Å². The van der Waals surface area contributed by atoms with Gasteiger partial charge < -0.3 is 10.0 Å². The molecule has 0 bridgehead atoms. The number of thioether (sulfide) groups is 1. The lowest BCUT2D eigenvalue weighted by Gasteiger charge is -2.33. The highest BCUT2D eigenvalue weighted by atomic mass is 32.2. The number of amides is 1. The average Bonchev–Trinajstić information content (AvgIpc) is 2.28. The summed E-state index contributed by atoms with van der Waals surface area (Å²) < 4.78 is 23.9. The predicted octanol–water partition coefficient (Wildman–Crippen LogP) is -1.18. The highest BCUT2D eigenvalue weighted by molar-refractivity contribution is 7.99. The molecule has 1 N–H and O–H groups in total. The van der Waals surface area contributed by atoms with Crippen LogP contribution in [0.5, 0.6) is 0 Å². The van der Waals surface area contributed by atoms with Crippen molar-refractivity contribution in [3.8, 4) is 0 Å². The molecule has 1 aliphatic rings. The van der Waals surface area contributed by atoms with Gasteiger partial charge in [-0.25, -0.2) is 8.42 Å². The zero-order valence-corrected chi connectivity index (χ0v) is 11.5. The Bertz CT molecular complexity index is 350. The summed E-state index contributed by atoms with van der Waals surface area (Å²) in [5.41, 5.74) is 0. The number of aliphatic hydroxyl groups is 1. The monoisotopic (exact) mass is 282 g/mol. The summed E-state index contributed by atoms with van der Waals surface area (Å²) in [6.07, 6.45) is 1.18. The lowest BCUT2D eigenvalue weighted by molar-refractivity contribution is -0.129. The number of carbonyl (C=O) groups excluding carboxylic acids is 1. The lowest BCUT2D eigenvalue weighted by Crippen LogP contribution is -2.50. The largest absolute Gasteiger partial charge is 0.396 e. The van der Waals surface area contributed by atoms with Crippen LogP contribution in [0.25, 0.3) is 0 Å². The van der Waals surface area contributed by atoms with Gasteiger partial charge in [-0.1, -0.05) is 0 Å². The Labute approximate surface area is 106 Å². The van der Waals surface area contributed by atoms with Crippen molar-refractivity contribution in [1.29, 1.82) is 0 Å². The second-order valence-electron chi connectivity index (χ2n) is 3.82. The Morgan fingerprint density at radius 1 is 1.29 bits per heavy atom. The van der Waals surface area contributed by atoms with Crippen molar-refractivity contribution in [2.75, 3.05) is 50.5 Å². The molecular formula is C9H18N2O4S2. The fraction of sp³-hybridized carbons (Fsp3) is 0.889. The van der Waals surface area contributed by atoms with Crippen LogP contribution in [0.3, 0.4) is 0 Å². The molecule has 0 radical (unpaired) electrons. The number of aliphatic hydroxyl groups excluding tert-OH is 1. The van der Waals surface area contributed by atoms with Crippen LogP contribution in [-0.4, -0.2) is 79.2 Å². The molecule has 1 fully saturated rings. The second-order valence-corrected chi connectivity index (χ2v) is 6.91. The van der Waals surface area contributed by atoms with E-state index in [4.69, 9.17) is 5.11 Å². The van der Waals surface area contributed by atoms with E-state index in [1.165, 1.54) is 22.3 Å². The van der Waals surface area contributed by atoms with Gasteiger partial charge in [-0.05, 0) is 0 Å². The number of sulfonamides is 1. The third-order valence-electron chi connectivity index (χ3n) is 2.52. The van der Waals surface area contributed by atoms with Gasteiger partial charge in [0.05, 0.1) is 18.6 Å². The molecule has 0 aliphatic carbocycles. The molecule has 17 heavy (non-hydrogen) atoms. The lowest BCUT2D eigenvalue weighted by atomic mass is 10.3. The molecule has 8 heteroatoms. The number of rotatable bonds is 5. The average molecular weight is 282 g/mol. The first-order chi connectivity index (χ1) is 7.95. The summed E-state index contributed by atoms with van der Waals surface area (Å²) in [5.74, 6) is 0.908. The fourth-order valence-electron chi connectivity index (χ4n) is 1.58. The van der Waals surface area contributed by atoms with Gasteiger partial charge in [-0.3, -0.25) is 4.79 Å². The molecule has 0 atom stereocenters. The molecule has 1 aliphatic heterocycles. The quantitative estimate of drug-likeness (QED) is 0.642. The normalized spacial score (nSPS) is 18.4. The molecule has 1 rings (SSSR count). The Hall–Kier alpha value is -0.310. The molecule has 100 valence electrons. The Morgan fingerprint density at radius 3 is 2.35 bits per heavy atom. The zero-order valence-electron chi connectivity index (χ0n) is 9.83. The van der Waals surface area contributed by atoms with Crippen molar-refractivity contribution in [1.82, 2.24) is 9.21 Å². The van der Waals surface area contributed by atoms with E-state index in [-0.39, 0.29) is 12.5 Å². The minimum absolute atomic E-state index is 0.0107. The van der Waals surface area contributed by atoms with Crippen LogP contribution in [0.15, 0.2) is 0 Å². The summed E-state index contributed by atoms with van der Waals surface area (Å²) in [4.78, 5) is 13.4. The maximum absolute atomic E-state index is 11.7. The van der Waals surface area contributed by atoms with E-state index in [0.29, 0.717) is 37.7 Å². The molecule has 0 aromatic rings. The molecular weight excluding hydrogens is 264 g/mol. The van der Waals surface area contributed by atoms with Crippen molar-refractivity contribution in [3.05, 3.63) is 0 Å². The molecule has 1 amide bonds. The molecule has 0 saturated carbocycles. The number of hydrogen-bond donors (Lipinski definition) is 1. The van der Waals surface area contributed by atoms with Gasteiger partial charge in [0.1, 0.15) is 0 Å². The standard InChI is InChI=1S/C9H18N2O4S2/c1-17(14,15)11-4-2-10(3-5-11)9(13)8-16-7-6-12/h12H,2-8H2,1H3. The number of hydrogen-bond acceptors (Lipinski definition) is 5. The second kappa shape index (κ2) is 6.58. The van der Waals surface area contributed by atoms with Gasteiger partial charge in [-0.15, -0.1) is 11.8 Å². The van der Waals surface area contributed by atoms with Crippen molar-refractivity contribution < 1.29 is 18.3 Å². The molecule has 0 spiro atoms. The minimum atomic E-state index is -3.14. The van der Waals surface area contributed by atoms with Crippen molar-refractivity contribution in [2.45, 2.75) is 0 Å². The summed E-state index contributed by atoms with van der Waals surface area (Å²) in [6, 6.07) is 0. The highest BCUT2D eigenvalue weighted by Crippen LogP contribution is 2.08. The highest BCUT2D eigenvalue weighted by Gasteiger charge is 2.25. The van der Waals surface area contributed by atoms with Crippen LogP contribution in [0, 0.1) is 0 Å². The Balaban J connectivity index is 2.34. The molecule has 0 unspecified atom stereocenters. The van der Waals surface area contributed by atoms with Crippen LogP contribution in [-0.2, 0) is 14.8 Å². The third-order valence-corrected chi connectivity index (χ3v) is 4.75. The van der Waals surface area contributed by atoms with Gasteiger partial charge >= 0.3 is 0 Å². The third kappa shape index (κ3) is 4.82. The van der Waals surface area contributed by atoms with E-state index in [2.05, 4.69) is 0 Å². The van der Waals surface area contributed by atoms with Crippen LogP contribution < -0.4 is 0 Å². The summed E-state index contributed by atoms with van der Waals surface area (Å²) in [5, 5.41) is 8.59. The first-order valence-electron chi connectivity index (χ1n) is 5.36. The first-order valence-corrected chi connectivity index (χ1v) is 8.37. The number of carbonyl (C=O) groups is 1. The van der Waals surface area contributed by atoms with Crippen molar-refractivity contribution in [3.63, 3.8) is 0 Å². The van der Waals surface area contributed by atoms with Crippen LogP contribution in [0.2, 0.25) is 0 Å². The van der Waals surface area contributed by atoms with Crippen molar-refractivity contribution in [2.24, 2.45) is 0 Å². The smallest absolute Gasteiger partial charge is 0.232 e. The Kier molecular flexibility index (Phi) is 5.71. The van der Waals surface area contributed by atoms with E-state index in [1.54, 1.807) is 4.90 Å². The summed E-state index contributed by atoms with van der Waals surface area (Å²) in [6.45, 7) is 1.71. The van der Waals surface area contributed by atoms with Crippen LogP contribution in [0.1, 0.15) is 0 Å². The van der Waals surface area contributed by atoms with E-state index >= 15 is 0 Å². The van der Waals surface area contributed by atoms with E-state index in [0.717, 1.165) is 0 Å². The number of piperazine rings is 1. The molecule has 6 nitrogen and oxygen atoms in total. The van der Waals surface area contributed by atoms with Gasteiger partial charge in [-0.2, -0.15) is 4.31 Å². The molecule has 0 aromatic carbocycles. The van der Waals surface area contributed by atoms with E-state index < -0.39 is 10.0 Å². The zero-order chi connectivity index (χ0) is 12.9. The van der Waals surface area contributed by atoms with Crippen LogP contribution >= 0.6 is 11.8 Å². The molecule has 1 saturated heterocycles. The summed E-state index contributed by atoms with van der Waals surface area (Å²) >= 11 is 1.39. The van der Waals surface area contributed by atoms with Gasteiger partial charge in [0.15, 0.2) is 0 Å². The first kappa shape index (κ1) is 14.7. The van der Waals surface area contributed by atoms with Gasteiger partial charge in [0.2, 0.25) is 15.9 Å². The topological polar surface area (TPSA) is 77.9 Å². The van der Waals surface area contributed by atoms with E-state index in [9.17, 15) is 13.2 Å². The maximum atomic E-state index is 11.7. The fourth-order valence-corrected chi connectivity index (χ4v) is 3.04. The summed E-state index contributed by atoms with van der Waals surface area (Å²) in [7, 11) is -3.14. The van der Waals surface area contributed by atoms with E-state index in [1.807, 2.05) is 0 Å². The SMILES string of the molecule is CS(=O)(=O)N1CCN(C(=O)CSCCO)CC1. The number of nitrogens with zero attached hydrogens (tertiary/aromatic N) is 2. The maximum Gasteiger partial charge on any atom is 0.232 e. The predicted molar refractivity (Wildman–Crippen MR) is 67.4 cm³/mol. The Morgan fingerprint density at radius 2 is 1.88 bits per heavy atom. The van der Waals surface area contributed by atoms with Crippen LogP contribution in [0.4, 0.5) is 0 Å². The minimum Gasteiger partial charge on any atom is -0.396 e. The van der Waals surface area contributed by atoms with Crippen molar-refractivity contribution >= 4 is 27.7 Å². The molecule has 0 aromatic heterocycles. The molecule has 1 heterocycles. The van der Waals surface area contributed by atoms with Gasteiger partial charge in [0, 0.05) is 31.9 Å².